The predicted molar refractivity (Wildman–Crippen MR) is 61.9 cm³/mol. The molecule has 0 saturated carbocycles. The molecule has 0 radical (unpaired) electrons. The van der Waals surface area contributed by atoms with Gasteiger partial charge in [-0.25, -0.2) is 4.79 Å². The Kier molecular flexibility index (Phi) is 4.23. The fraction of sp³-hybridized carbons (Fsp3) is 0.333. The molecule has 1 aromatic rings. The number of rotatable bonds is 4. The van der Waals surface area contributed by atoms with E-state index in [0.29, 0.717) is 5.56 Å². The Morgan fingerprint density at radius 3 is 2.24 bits per heavy atom. The molecule has 3 N–H and O–H groups in total. The summed E-state index contributed by atoms with van der Waals surface area (Å²) in [5.74, 6) is -1.74. The molecule has 0 saturated heterocycles. The van der Waals surface area contributed by atoms with Crippen molar-refractivity contribution in [2.75, 3.05) is 6.61 Å². The van der Waals surface area contributed by atoms with E-state index >= 15 is 0 Å². The van der Waals surface area contributed by atoms with Crippen LogP contribution >= 0.6 is 0 Å². The minimum Gasteiger partial charge on any atom is -0.480 e. The zero-order valence-electron chi connectivity index (χ0n) is 9.73. The number of hydrogen-bond donors (Lipinski definition) is 3. The molecule has 1 amide bonds. The van der Waals surface area contributed by atoms with Gasteiger partial charge in [-0.05, 0) is 25.0 Å². The molecule has 5 heteroatoms. The van der Waals surface area contributed by atoms with E-state index in [1.807, 2.05) is 6.07 Å². The molecular formula is C12H15NO4. The molecule has 17 heavy (non-hydrogen) atoms. The van der Waals surface area contributed by atoms with E-state index in [1.165, 1.54) is 0 Å². The minimum absolute atomic E-state index is 0.451. The normalized spacial score (nSPS) is 11.9. The van der Waals surface area contributed by atoms with Crippen molar-refractivity contribution in [2.45, 2.75) is 19.9 Å². The summed E-state index contributed by atoms with van der Waals surface area (Å²) in [6.45, 7) is 2.92. The molecule has 0 aliphatic rings. The number of amides is 1. The lowest BCUT2D eigenvalue weighted by Gasteiger charge is -2.14. The van der Waals surface area contributed by atoms with Gasteiger partial charge in [0.05, 0.1) is 6.61 Å². The highest BCUT2D eigenvalue weighted by Gasteiger charge is 2.21. The van der Waals surface area contributed by atoms with Crippen molar-refractivity contribution in [3.8, 4) is 0 Å². The van der Waals surface area contributed by atoms with E-state index in [4.69, 9.17) is 10.2 Å². The number of hydrogen-bond acceptors (Lipinski definition) is 3. The van der Waals surface area contributed by atoms with E-state index in [2.05, 4.69) is 5.32 Å². The van der Waals surface area contributed by atoms with E-state index in [-0.39, 0.29) is 0 Å². The van der Waals surface area contributed by atoms with Gasteiger partial charge in [-0.2, -0.15) is 0 Å². The number of carbonyl (C=O) groups is 2. The number of aliphatic hydroxyl groups is 1. The van der Waals surface area contributed by atoms with Gasteiger partial charge in [-0.15, -0.1) is 0 Å². The Labute approximate surface area is 99.1 Å². The van der Waals surface area contributed by atoms with Gasteiger partial charge in [0, 0.05) is 5.56 Å². The van der Waals surface area contributed by atoms with Crippen LogP contribution in [0.5, 0.6) is 0 Å². The Morgan fingerprint density at radius 2 is 1.82 bits per heavy atom. The number of carboxylic acids is 1. The summed E-state index contributed by atoms with van der Waals surface area (Å²) in [4.78, 5) is 22.6. The number of carboxylic acid groups (broad SMARTS) is 1. The number of aliphatic carboxylic acids is 1. The lowest BCUT2D eigenvalue weighted by atomic mass is 10.0. The molecule has 92 valence electrons. The quantitative estimate of drug-likeness (QED) is 0.710. The highest BCUT2D eigenvalue weighted by atomic mass is 16.4. The number of nitrogens with one attached hydrogen (secondary N) is 1. The van der Waals surface area contributed by atoms with Crippen LogP contribution in [-0.2, 0) is 4.79 Å². The van der Waals surface area contributed by atoms with Crippen LogP contribution < -0.4 is 5.32 Å². The van der Waals surface area contributed by atoms with Crippen LogP contribution in [0.3, 0.4) is 0 Å². The van der Waals surface area contributed by atoms with E-state index < -0.39 is 24.5 Å². The topological polar surface area (TPSA) is 86.6 Å². The maximum absolute atomic E-state index is 11.9. The Hall–Kier alpha value is -1.88. The fourth-order valence-corrected chi connectivity index (χ4v) is 1.59. The predicted octanol–water partition coefficient (Wildman–Crippen LogP) is 0.479. The standard InChI is InChI=1S/C12H15NO4/c1-7-4-3-5-8(2)10(7)11(15)13-9(6-14)12(16)17/h3-5,9,14H,6H2,1-2H3,(H,13,15)(H,16,17)/t9-/m1/s1. The van der Waals surface area contributed by atoms with Crippen molar-refractivity contribution < 1.29 is 19.8 Å². The zero-order chi connectivity index (χ0) is 13.0. The van der Waals surface area contributed by atoms with E-state index in [1.54, 1.807) is 26.0 Å². The van der Waals surface area contributed by atoms with E-state index in [9.17, 15) is 9.59 Å². The van der Waals surface area contributed by atoms with Crippen molar-refractivity contribution in [3.05, 3.63) is 34.9 Å². The lowest BCUT2D eigenvalue weighted by Crippen LogP contribution is -2.43. The second-order valence-electron chi connectivity index (χ2n) is 3.81. The number of benzene rings is 1. The maximum Gasteiger partial charge on any atom is 0.328 e. The van der Waals surface area contributed by atoms with Crippen molar-refractivity contribution >= 4 is 11.9 Å². The first-order valence-electron chi connectivity index (χ1n) is 5.18. The molecule has 0 aromatic heterocycles. The number of carbonyl (C=O) groups excluding carboxylic acids is 1. The van der Waals surface area contributed by atoms with E-state index in [0.717, 1.165) is 11.1 Å². The number of aryl methyl sites for hydroxylation is 2. The maximum atomic E-state index is 11.9. The zero-order valence-corrected chi connectivity index (χ0v) is 9.73. The summed E-state index contributed by atoms with van der Waals surface area (Å²) in [6.07, 6.45) is 0. The largest absolute Gasteiger partial charge is 0.480 e. The Bertz CT molecular complexity index is 422. The van der Waals surface area contributed by atoms with Gasteiger partial charge in [-0.3, -0.25) is 4.79 Å². The average Bonchev–Trinajstić information content (AvgIpc) is 2.25. The Morgan fingerprint density at radius 1 is 1.29 bits per heavy atom. The van der Waals surface area contributed by atoms with Crippen LogP contribution in [-0.4, -0.2) is 34.7 Å². The van der Waals surface area contributed by atoms with Gasteiger partial charge in [-0.1, -0.05) is 18.2 Å². The van der Waals surface area contributed by atoms with Gasteiger partial charge < -0.3 is 15.5 Å². The third-order valence-corrected chi connectivity index (χ3v) is 2.49. The fourth-order valence-electron chi connectivity index (χ4n) is 1.59. The molecule has 0 spiro atoms. The average molecular weight is 237 g/mol. The SMILES string of the molecule is Cc1cccc(C)c1C(=O)N[C@H](CO)C(=O)O. The van der Waals surface area contributed by atoms with Crippen molar-refractivity contribution in [1.82, 2.24) is 5.32 Å². The molecule has 1 atom stereocenters. The second-order valence-corrected chi connectivity index (χ2v) is 3.81. The van der Waals surface area contributed by atoms with Gasteiger partial charge >= 0.3 is 5.97 Å². The summed E-state index contributed by atoms with van der Waals surface area (Å²) in [5, 5.41) is 19.8. The molecule has 0 aliphatic carbocycles. The van der Waals surface area contributed by atoms with Crippen LogP contribution in [0.1, 0.15) is 21.5 Å². The highest BCUT2D eigenvalue weighted by Crippen LogP contribution is 2.13. The van der Waals surface area contributed by atoms with Crippen LogP contribution in [0, 0.1) is 13.8 Å². The van der Waals surface area contributed by atoms with Crippen LogP contribution in [0.2, 0.25) is 0 Å². The molecular weight excluding hydrogens is 222 g/mol. The summed E-state index contributed by atoms with van der Waals surface area (Å²) in [6, 6.07) is 4.09. The third kappa shape index (κ3) is 3.04. The van der Waals surface area contributed by atoms with Gasteiger partial charge in [0.15, 0.2) is 6.04 Å². The van der Waals surface area contributed by atoms with Crippen molar-refractivity contribution in [1.29, 1.82) is 0 Å². The monoisotopic (exact) mass is 237 g/mol. The highest BCUT2D eigenvalue weighted by molar-refractivity contribution is 5.99. The van der Waals surface area contributed by atoms with Crippen LogP contribution in [0.4, 0.5) is 0 Å². The Balaban J connectivity index is 2.94. The molecule has 5 nitrogen and oxygen atoms in total. The molecule has 1 rings (SSSR count). The summed E-state index contributed by atoms with van der Waals surface area (Å²) in [5.41, 5.74) is 1.99. The second kappa shape index (κ2) is 5.45. The molecule has 0 heterocycles. The van der Waals surface area contributed by atoms with Crippen molar-refractivity contribution in [3.63, 3.8) is 0 Å². The molecule has 0 aliphatic heterocycles. The molecule has 0 unspecified atom stereocenters. The first-order chi connectivity index (χ1) is 7.97. The van der Waals surface area contributed by atoms with Gasteiger partial charge in [0.25, 0.3) is 5.91 Å². The molecule has 0 fully saturated rings. The van der Waals surface area contributed by atoms with Gasteiger partial charge in [0.1, 0.15) is 0 Å². The van der Waals surface area contributed by atoms with Crippen molar-refractivity contribution in [2.24, 2.45) is 0 Å². The lowest BCUT2D eigenvalue weighted by molar-refractivity contribution is -0.140. The summed E-state index contributed by atoms with van der Waals surface area (Å²) < 4.78 is 0. The summed E-state index contributed by atoms with van der Waals surface area (Å²) >= 11 is 0. The van der Waals surface area contributed by atoms with Crippen LogP contribution in [0.15, 0.2) is 18.2 Å². The minimum atomic E-state index is -1.28. The first kappa shape index (κ1) is 13.2. The summed E-state index contributed by atoms with van der Waals surface area (Å²) in [7, 11) is 0. The van der Waals surface area contributed by atoms with Gasteiger partial charge in [0.2, 0.25) is 0 Å². The molecule has 1 aromatic carbocycles. The first-order valence-corrected chi connectivity index (χ1v) is 5.18. The smallest absolute Gasteiger partial charge is 0.328 e. The number of aliphatic hydroxyl groups excluding tert-OH is 1. The molecule has 0 bridgehead atoms. The third-order valence-electron chi connectivity index (χ3n) is 2.49. The van der Waals surface area contributed by atoms with Crippen LogP contribution in [0.25, 0.3) is 0 Å².